The number of methoxy groups -OCH3 is 1. The Hall–Kier alpha value is -3.31. The quantitative estimate of drug-likeness (QED) is 0.560. The lowest BCUT2D eigenvalue weighted by Gasteiger charge is -2.31. The van der Waals surface area contributed by atoms with Gasteiger partial charge in [0.25, 0.3) is 0 Å². The smallest absolute Gasteiger partial charge is 0.246 e. The van der Waals surface area contributed by atoms with Crippen LogP contribution < -0.4 is 10.1 Å². The zero-order valence-corrected chi connectivity index (χ0v) is 18.7. The van der Waals surface area contributed by atoms with Crippen LogP contribution in [-0.2, 0) is 21.4 Å². The largest absolute Gasteiger partial charge is 0.497 e. The van der Waals surface area contributed by atoms with Crippen molar-refractivity contribution in [2.24, 2.45) is 5.92 Å². The molecule has 1 saturated heterocycles. The fourth-order valence-electron chi connectivity index (χ4n) is 3.62. The maximum Gasteiger partial charge on any atom is 0.246 e. The summed E-state index contributed by atoms with van der Waals surface area (Å²) in [6.07, 6.45) is 1.10. The first-order valence-electron chi connectivity index (χ1n) is 10.4. The summed E-state index contributed by atoms with van der Waals surface area (Å²) in [6.45, 7) is 0.383. The number of aromatic nitrogens is 2. The van der Waals surface area contributed by atoms with Crippen molar-refractivity contribution in [1.82, 2.24) is 19.8 Å². The lowest BCUT2D eigenvalue weighted by Crippen LogP contribution is -2.45. The third kappa shape index (κ3) is 5.20. The number of sulfonamides is 1. The van der Waals surface area contributed by atoms with Crippen LogP contribution in [0, 0.1) is 11.7 Å². The number of nitrogens with one attached hydrogen (secondary N) is 1. The number of rotatable bonds is 7. The molecule has 174 valence electrons. The van der Waals surface area contributed by atoms with E-state index < -0.39 is 21.8 Å². The molecule has 1 aromatic heterocycles. The van der Waals surface area contributed by atoms with E-state index in [1.807, 2.05) is 0 Å². The zero-order valence-electron chi connectivity index (χ0n) is 17.9. The molecule has 1 N–H and O–H groups in total. The van der Waals surface area contributed by atoms with E-state index in [0.29, 0.717) is 31.0 Å². The molecule has 1 aliphatic heterocycles. The van der Waals surface area contributed by atoms with Gasteiger partial charge in [-0.15, -0.1) is 0 Å². The molecule has 4 rings (SSSR count). The summed E-state index contributed by atoms with van der Waals surface area (Å²) in [5.74, 6) is 0.00628. The van der Waals surface area contributed by atoms with Gasteiger partial charge in [0.15, 0.2) is 0 Å². The first kappa shape index (κ1) is 22.9. The van der Waals surface area contributed by atoms with Crippen molar-refractivity contribution < 1.29 is 26.9 Å². The van der Waals surface area contributed by atoms with E-state index in [2.05, 4.69) is 15.5 Å². The van der Waals surface area contributed by atoms with Crippen molar-refractivity contribution in [3.05, 3.63) is 60.2 Å². The third-order valence-electron chi connectivity index (χ3n) is 5.44. The Morgan fingerprint density at radius 3 is 2.64 bits per heavy atom. The van der Waals surface area contributed by atoms with E-state index in [9.17, 15) is 17.6 Å². The van der Waals surface area contributed by atoms with E-state index in [4.69, 9.17) is 9.26 Å². The van der Waals surface area contributed by atoms with Crippen LogP contribution in [0.5, 0.6) is 5.75 Å². The monoisotopic (exact) mass is 474 g/mol. The molecule has 0 unspecified atom stereocenters. The molecule has 11 heteroatoms. The van der Waals surface area contributed by atoms with Gasteiger partial charge in [-0.3, -0.25) is 4.79 Å². The number of piperidine rings is 1. The van der Waals surface area contributed by atoms with Crippen molar-refractivity contribution in [2.45, 2.75) is 24.3 Å². The highest BCUT2D eigenvalue weighted by Crippen LogP contribution is 2.24. The topological polar surface area (TPSA) is 115 Å². The van der Waals surface area contributed by atoms with Gasteiger partial charge >= 0.3 is 0 Å². The molecular weight excluding hydrogens is 451 g/mol. The van der Waals surface area contributed by atoms with Gasteiger partial charge in [-0.2, -0.15) is 9.29 Å². The minimum absolute atomic E-state index is 0.00174. The number of nitrogens with zero attached hydrogens (tertiary/aromatic N) is 3. The Bertz CT molecular complexity index is 1210. The Labute approximate surface area is 190 Å². The molecule has 1 atom stereocenters. The van der Waals surface area contributed by atoms with E-state index >= 15 is 0 Å². The number of carbonyl (C=O) groups excluding carboxylic acids is 1. The first-order valence-corrected chi connectivity index (χ1v) is 11.8. The van der Waals surface area contributed by atoms with Crippen molar-refractivity contribution in [1.29, 1.82) is 0 Å². The summed E-state index contributed by atoms with van der Waals surface area (Å²) in [6, 6.07) is 11.8. The normalized spacial score (nSPS) is 17.0. The molecule has 2 heterocycles. The predicted octanol–water partition coefficient (Wildman–Crippen LogP) is 2.60. The summed E-state index contributed by atoms with van der Waals surface area (Å²) < 4.78 is 50.5. The molecule has 0 aliphatic carbocycles. The van der Waals surface area contributed by atoms with Gasteiger partial charge in [-0.1, -0.05) is 5.16 Å². The molecule has 33 heavy (non-hydrogen) atoms. The predicted molar refractivity (Wildman–Crippen MR) is 116 cm³/mol. The minimum atomic E-state index is -3.81. The molecule has 1 fully saturated rings. The second kappa shape index (κ2) is 9.67. The SMILES string of the molecule is COc1ccc(-c2noc(CNC(=O)[C@H]3CCCN(S(=O)(=O)c4ccc(F)cc4)C3)n2)cc1. The van der Waals surface area contributed by atoms with Gasteiger partial charge in [0.1, 0.15) is 11.6 Å². The Morgan fingerprint density at radius 2 is 1.94 bits per heavy atom. The van der Waals surface area contributed by atoms with Crippen LogP contribution in [0.2, 0.25) is 0 Å². The number of hydrogen-bond donors (Lipinski definition) is 1. The second-order valence-corrected chi connectivity index (χ2v) is 9.55. The van der Waals surface area contributed by atoms with Gasteiger partial charge < -0.3 is 14.6 Å². The van der Waals surface area contributed by atoms with Gasteiger partial charge in [-0.05, 0) is 61.4 Å². The molecule has 9 nitrogen and oxygen atoms in total. The molecule has 3 aromatic rings. The summed E-state index contributed by atoms with van der Waals surface area (Å²) in [7, 11) is -2.23. The van der Waals surface area contributed by atoms with Crippen LogP contribution >= 0.6 is 0 Å². The Morgan fingerprint density at radius 1 is 1.21 bits per heavy atom. The molecule has 0 bridgehead atoms. The lowest BCUT2D eigenvalue weighted by molar-refractivity contribution is -0.126. The molecule has 0 radical (unpaired) electrons. The van der Waals surface area contributed by atoms with E-state index in [1.54, 1.807) is 31.4 Å². The fourth-order valence-corrected chi connectivity index (χ4v) is 5.15. The maximum atomic E-state index is 13.2. The standard InChI is InChI=1S/C22H23FN4O5S/c1-31-18-8-4-15(5-9-18)21-25-20(32-26-21)13-24-22(28)16-3-2-12-27(14-16)33(29,30)19-10-6-17(23)7-11-19/h4-11,16H,2-3,12-14H2,1H3,(H,24,28)/t16-/m0/s1. The van der Waals surface area contributed by atoms with Crippen molar-refractivity contribution in [3.63, 3.8) is 0 Å². The summed E-state index contributed by atoms with van der Waals surface area (Å²) >= 11 is 0. The molecule has 2 aromatic carbocycles. The van der Waals surface area contributed by atoms with E-state index in [-0.39, 0.29) is 29.8 Å². The fraction of sp³-hybridized carbons (Fsp3) is 0.318. The first-order chi connectivity index (χ1) is 15.9. The van der Waals surface area contributed by atoms with Gasteiger partial charge in [0.2, 0.25) is 27.6 Å². The van der Waals surface area contributed by atoms with Crippen LogP contribution in [0.15, 0.2) is 57.9 Å². The van der Waals surface area contributed by atoms with Crippen LogP contribution in [0.3, 0.4) is 0 Å². The molecule has 0 spiro atoms. The van der Waals surface area contributed by atoms with E-state index in [0.717, 1.165) is 17.7 Å². The zero-order chi connectivity index (χ0) is 23.4. The third-order valence-corrected chi connectivity index (χ3v) is 7.32. The van der Waals surface area contributed by atoms with Crippen LogP contribution in [0.25, 0.3) is 11.4 Å². The molecule has 1 aliphatic rings. The number of amides is 1. The van der Waals surface area contributed by atoms with Gasteiger partial charge in [0.05, 0.1) is 24.5 Å². The van der Waals surface area contributed by atoms with E-state index in [1.165, 1.54) is 16.4 Å². The maximum absolute atomic E-state index is 13.2. The van der Waals surface area contributed by atoms with Crippen molar-refractivity contribution in [2.75, 3.05) is 20.2 Å². The van der Waals surface area contributed by atoms with Crippen LogP contribution in [-0.4, -0.2) is 49.0 Å². The summed E-state index contributed by atoms with van der Waals surface area (Å²) in [5, 5.41) is 6.67. The number of ether oxygens (including phenoxy) is 1. The highest BCUT2D eigenvalue weighted by Gasteiger charge is 2.33. The van der Waals surface area contributed by atoms with Gasteiger partial charge in [-0.25, -0.2) is 12.8 Å². The van der Waals surface area contributed by atoms with Gasteiger partial charge in [0, 0.05) is 18.7 Å². The number of halogens is 1. The average molecular weight is 475 g/mol. The van der Waals surface area contributed by atoms with Crippen LogP contribution in [0.4, 0.5) is 4.39 Å². The second-order valence-electron chi connectivity index (χ2n) is 7.61. The lowest BCUT2D eigenvalue weighted by atomic mass is 9.99. The van der Waals surface area contributed by atoms with Crippen LogP contribution in [0.1, 0.15) is 18.7 Å². The summed E-state index contributed by atoms with van der Waals surface area (Å²) in [4.78, 5) is 17.0. The Kier molecular flexibility index (Phi) is 6.70. The highest BCUT2D eigenvalue weighted by molar-refractivity contribution is 7.89. The molecule has 1 amide bonds. The number of benzene rings is 2. The number of carbonyl (C=O) groups is 1. The summed E-state index contributed by atoms with van der Waals surface area (Å²) in [5.41, 5.74) is 0.742. The minimum Gasteiger partial charge on any atom is -0.497 e. The number of hydrogen-bond acceptors (Lipinski definition) is 7. The van der Waals surface area contributed by atoms with Crippen molar-refractivity contribution in [3.8, 4) is 17.1 Å². The molecular formula is C22H23FN4O5S. The Balaban J connectivity index is 1.36. The average Bonchev–Trinajstić information content (AvgIpc) is 3.32. The van der Waals surface area contributed by atoms with Crippen molar-refractivity contribution >= 4 is 15.9 Å². The molecule has 0 saturated carbocycles. The highest BCUT2D eigenvalue weighted by atomic mass is 32.2.